The normalized spacial score (nSPS) is 22.8. The highest BCUT2D eigenvalue weighted by Crippen LogP contribution is 2.27. The number of carboxylic acids is 1. The number of aryl methyl sites for hydroxylation is 2. The van der Waals surface area contributed by atoms with Crippen LogP contribution in [-0.2, 0) is 11.2 Å². The fourth-order valence-corrected chi connectivity index (χ4v) is 3.46. The maximum Gasteiger partial charge on any atom is 0.326 e. The summed E-state index contributed by atoms with van der Waals surface area (Å²) >= 11 is 1.40. The number of rotatable bonds is 3. The summed E-state index contributed by atoms with van der Waals surface area (Å²) in [6.45, 7) is 4.06. The van der Waals surface area contributed by atoms with E-state index in [0.29, 0.717) is 4.88 Å². The Labute approximate surface area is 115 Å². The molecule has 5 nitrogen and oxygen atoms in total. The molecule has 1 amide bonds. The Morgan fingerprint density at radius 2 is 2.21 bits per heavy atom. The average Bonchev–Trinajstić information content (AvgIpc) is 2.91. The largest absolute Gasteiger partial charge is 0.480 e. The predicted molar refractivity (Wildman–Crippen MR) is 71.5 cm³/mol. The first kappa shape index (κ1) is 14.0. The summed E-state index contributed by atoms with van der Waals surface area (Å²) in [7, 11) is 0. The van der Waals surface area contributed by atoms with E-state index in [-0.39, 0.29) is 18.9 Å². The zero-order chi connectivity index (χ0) is 14.2. The minimum absolute atomic E-state index is 0.0915. The van der Waals surface area contributed by atoms with Crippen LogP contribution in [0, 0.1) is 6.92 Å². The number of likely N-dealkylation sites (tertiary alicyclic amines) is 1. The number of hydrogen-bond acceptors (Lipinski definition) is 4. The Balaban J connectivity index is 2.25. The fourth-order valence-electron chi connectivity index (χ4n) is 2.39. The molecule has 6 heteroatoms. The van der Waals surface area contributed by atoms with E-state index in [1.54, 1.807) is 6.07 Å². The molecule has 2 atom stereocenters. The van der Waals surface area contributed by atoms with Crippen LogP contribution in [0.5, 0.6) is 0 Å². The van der Waals surface area contributed by atoms with Crippen molar-refractivity contribution in [2.45, 2.75) is 38.8 Å². The van der Waals surface area contributed by atoms with Crippen molar-refractivity contribution in [3.8, 4) is 0 Å². The van der Waals surface area contributed by atoms with Crippen molar-refractivity contribution in [2.75, 3.05) is 6.54 Å². The Hall–Kier alpha value is -1.40. The topological polar surface area (TPSA) is 77.8 Å². The molecular weight excluding hydrogens is 266 g/mol. The van der Waals surface area contributed by atoms with Crippen molar-refractivity contribution in [1.82, 2.24) is 4.90 Å². The van der Waals surface area contributed by atoms with Gasteiger partial charge in [-0.2, -0.15) is 0 Å². The van der Waals surface area contributed by atoms with Gasteiger partial charge in [0.15, 0.2) is 0 Å². The lowest BCUT2D eigenvalue weighted by Gasteiger charge is -2.20. The monoisotopic (exact) mass is 283 g/mol. The highest BCUT2D eigenvalue weighted by atomic mass is 32.1. The van der Waals surface area contributed by atoms with Gasteiger partial charge < -0.3 is 15.1 Å². The smallest absolute Gasteiger partial charge is 0.326 e. The van der Waals surface area contributed by atoms with Gasteiger partial charge in [0.2, 0.25) is 0 Å². The molecule has 0 bridgehead atoms. The van der Waals surface area contributed by atoms with Gasteiger partial charge in [-0.1, -0.05) is 6.92 Å². The van der Waals surface area contributed by atoms with E-state index >= 15 is 0 Å². The van der Waals surface area contributed by atoms with Gasteiger partial charge in [0.25, 0.3) is 5.91 Å². The molecule has 1 saturated heterocycles. The number of aliphatic hydroxyl groups is 1. The second kappa shape index (κ2) is 5.30. The Morgan fingerprint density at radius 1 is 1.53 bits per heavy atom. The first-order valence-electron chi connectivity index (χ1n) is 6.25. The van der Waals surface area contributed by atoms with Gasteiger partial charge >= 0.3 is 5.97 Å². The second-order valence-electron chi connectivity index (χ2n) is 4.77. The summed E-state index contributed by atoms with van der Waals surface area (Å²) < 4.78 is 0. The number of carbonyl (C=O) groups excluding carboxylic acids is 1. The van der Waals surface area contributed by atoms with Crippen LogP contribution >= 0.6 is 11.3 Å². The van der Waals surface area contributed by atoms with Crippen molar-refractivity contribution in [1.29, 1.82) is 0 Å². The van der Waals surface area contributed by atoms with Crippen molar-refractivity contribution in [3.63, 3.8) is 0 Å². The molecule has 1 aliphatic rings. The van der Waals surface area contributed by atoms with Gasteiger partial charge in [-0.05, 0) is 25.0 Å². The average molecular weight is 283 g/mol. The van der Waals surface area contributed by atoms with Crippen LogP contribution in [0.1, 0.15) is 33.5 Å². The fraction of sp³-hybridized carbons (Fsp3) is 0.538. The number of carboxylic acid groups (broad SMARTS) is 1. The summed E-state index contributed by atoms with van der Waals surface area (Å²) in [4.78, 5) is 26.4. The van der Waals surface area contributed by atoms with E-state index in [2.05, 4.69) is 0 Å². The Kier molecular flexibility index (Phi) is 3.91. The standard InChI is InChI=1S/C13H17NO4S/c1-3-10-7(2)4-11(19-10)12(16)14-6-8(15)5-9(14)13(17)18/h4,8-9,15H,3,5-6H2,1-2H3,(H,17,18)/t8?,9-/m0/s1. The van der Waals surface area contributed by atoms with E-state index in [9.17, 15) is 14.7 Å². The number of β-amino-alcohol motifs (C(OH)–C–C–N with tert-alkyl or cyclic N) is 1. The van der Waals surface area contributed by atoms with E-state index in [4.69, 9.17) is 5.11 Å². The van der Waals surface area contributed by atoms with E-state index < -0.39 is 18.1 Å². The molecule has 19 heavy (non-hydrogen) atoms. The third-order valence-corrected chi connectivity index (χ3v) is 4.75. The Bertz CT molecular complexity index is 511. The summed E-state index contributed by atoms with van der Waals surface area (Å²) in [6, 6.07) is 0.880. The molecule has 1 aromatic rings. The van der Waals surface area contributed by atoms with Crippen LogP contribution in [0.25, 0.3) is 0 Å². The van der Waals surface area contributed by atoms with Gasteiger partial charge in [0, 0.05) is 17.8 Å². The molecule has 1 aliphatic heterocycles. The van der Waals surface area contributed by atoms with Gasteiger partial charge in [-0.3, -0.25) is 4.79 Å². The lowest BCUT2D eigenvalue weighted by atomic mass is 10.2. The molecule has 0 spiro atoms. The first-order valence-corrected chi connectivity index (χ1v) is 7.06. The van der Waals surface area contributed by atoms with Crippen molar-refractivity contribution < 1.29 is 19.8 Å². The lowest BCUT2D eigenvalue weighted by molar-refractivity contribution is -0.141. The lowest BCUT2D eigenvalue weighted by Crippen LogP contribution is -2.40. The van der Waals surface area contributed by atoms with Gasteiger partial charge in [-0.15, -0.1) is 11.3 Å². The molecule has 0 aliphatic carbocycles. The number of thiophene rings is 1. The first-order chi connectivity index (χ1) is 8.93. The van der Waals surface area contributed by atoms with E-state index in [1.807, 2.05) is 13.8 Å². The van der Waals surface area contributed by atoms with Gasteiger partial charge in [-0.25, -0.2) is 4.79 Å². The molecule has 0 saturated carbocycles. The minimum Gasteiger partial charge on any atom is -0.480 e. The van der Waals surface area contributed by atoms with Crippen LogP contribution in [0.15, 0.2) is 6.07 Å². The summed E-state index contributed by atoms with van der Waals surface area (Å²) in [6.07, 6.45) is 0.206. The number of carbonyl (C=O) groups is 2. The number of nitrogens with zero attached hydrogens (tertiary/aromatic N) is 1. The minimum atomic E-state index is -1.06. The molecule has 1 aromatic heterocycles. The third-order valence-electron chi connectivity index (χ3n) is 3.38. The van der Waals surface area contributed by atoms with Gasteiger partial charge in [0.05, 0.1) is 11.0 Å². The van der Waals surface area contributed by atoms with Crippen molar-refractivity contribution in [3.05, 3.63) is 21.4 Å². The zero-order valence-corrected chi connectivity index (χ0v) is 11.7. The number of hydrogen-bond donors (Lipinski definition) is 2. The van der Waals surface area contributed by atoms with E-state index in [0.717, 1.165) is 16.9 Å². The maximum atomic E-state index is 12.4. The zero-order valence-electron chi connectivity index (χ0n) is 10.9. The quantitative estimate of drug-likeness (QED) is 0.876. The maximum absolute atomic E-state index is 12.4. The number of aliphatic carboxylic acids is 1. The predicted octanol–water partition coefficient (Wildman–Crippen LogP) is 1.28. The van der Waals surface area contributed by atoms with Crippen LogP contribution in [0.3, 0.4) is 0 Å². The van der Waals surface area contributed by atoms with Crippen molar-refractivity contribution >= 4 is 23.2 Å². The third kappa shape index (κ3) is 2.64. The molecule has 2 heterocycles. The number of aliphatic hydroxyl groups excluding tert-OH is 1. The second-order valence-corrected chi connectivity index (χ2v) is 5.91. The van der Waals surface area contributed by atoms with Crippen molar-refractivity contribution in [2.24, 2.45) is 0 Å². The summed E-state index contributed by atoms with van der Waals surface area (Å²) in [5.41, 5.74) is 1.06. The molecule has 0 radical (unpaired) electrons. The Morgan fingerprint density at radius 3 is 2.74 bits per heavy atom. The highest BCUT2D eigenvalue weighted by Gasteiger charge is 2.39. The van der Waals surface area contributed by atoms with E-state index in [1.165, 1.54) is 16.2 Å². The molecule has 104 valence electrons. The summed E-state index contributed by atoms with van der Waals surface area (Å²) in [5, 5.41) is 18.7. The van der Waals surface area contributed by atoms with Crippen LogP contribution in [-0.4, -0.2) is 45.7 Å². The molecule has 2 rings (SSSR count). The van der Waals surface area contributed by atoms with Crippen LogP contribution in [0.4, 0.5) is 0 Å². The highest BCUT2D eigenvalue weighted by molar-refractivity contribution is 7.14. The molecule has 1 unspecified atom stereocenters. The summed E-state index contributed by atoms with van der Waals surface area (Å²) in [5.74, 6) is -1.36. The van der Waals surface area contributed by atoms with Crippen LogP contribution < -0.4 is 0 Å². The molecular formula is C13H17NO4S. The molecule has 0 aromatic carbocycles. The molecule has 2 N–H and O–H groups in total. The number of amides is 1. The van der Waals surface area contributed by atoms with Crippen LogP contribution in [0.2, 0.25) is 0 Å². The SMILES string of the molecule is CCc1sc(C(=O)N2CC(O)C[C@H]2C(=O)O)cc1C. The molecule has 1 fully saturated rings. The van der Waals surface area contributed by atoms with Gasteiger partial charge in [0.1, 0.15) is 6.04 Å².